The fourth-order valence-electron chi connectivity index (χ4n) is 6.92. The second-order valence-corrected chi connectivity index (χ2v) is 10.8. The second kappa shape index (κ2) is 14.3. The maximum atomic E-state index is 5.25. The molecule has 4 nitrogen and oxygen atoms in total. The zero-order chi connectivity index (χ0) is 28.6. The van der Waals surface area contributed by atoms with Gasteiger partial charge in [0.2, 0.25) is 0 Å². The Morgan fingerprint density at radius 1 is 0.405 bits per heavy atom. The smallest absolute Gasteiger partial charge is 1.00 e. The van der Waals surface area contributed by atoms with Gasteiger partial charge in [-0.1, -0.05) is 95.8 Å². The number of nitrogens with zero attached hydrogens (tertiary/aromatic N) is 4. The van der Waals surface area contributed by atoms with Gasteiger partial charge in [-0.25, -0.2) is 9.97 Å². The number of allylic oxidation sites excluding steroid dienone is 4. The monoisotopic (exact) mass is 623 g/mol. The van der Waals surface area contributed by atoms with E-state index in [0.717, 1.165) is 96.2 Å². The number of aromatic nitrogens is 4. The molecular formula is C36H44ClFeN4. The molecule has 0 unspecified atom stereocenters. The van der Waals surface area contributed by atoms with E-state index in [1.54, 1.807) is 0 Å². The summed E-state index contributed by atoms with van der Waals surface area (Å²) in [5.41, 5.74) is 19.1. The summed E-state index contributed by atoms with van der Waals surface area (Å²) < 4.78 is 0. The van der Waals surface area contributed by atoms with E-state index in [1.807, 2.05) is 0 Å². The zero-order valence-electron chi connectivity index (χ0n) is 26.5. The summed E-state index contributed by atoms with van der Waals surface area (Å²) in [6, 6.07) is 8.98. The van der Waals surface area contributed by atoms with Crippen LogP contribution in [0.1, 0.15) is 126 Å². The maximum Gasteiger partial charge on any atom is 3.00 e. The molecule has 3 aromatic heterocycles. The van der Waals surface area contributed by atoms with Gasteiger partial charge >= 0.3 is 17.1 Å². The van der Waals surface area contributed by atoms with Gasteiger partial charge < -0.3 is 22.4 Å². The molecule has 0 saturated heterocycles. The third-order valence-electron chi connectivity index (χ3n) is 8.82. The van der Waals surface area contributed by atoms with Gasteiger partial charge in [0, 0.05) is 0 Å². The first-order chi connectivity index (χ1) is 19.5. The van der Waals surface area contributed by atoms with Crippen LogP contribution in [0.15, 0.2) is 24.3 Å². The molecule has 0 atom stereocenters. The molecule has 6 heteroatoms. The van der Waals surface area contributed by atoms with Crippen LogP contribution in [0.4, 0.5) is 0 Å². The summed E-state index contributed by atoms with van der Waals surface area (Å²) in [5, 5.41) is 0. The first-order valence-corrected chi connectivity index (χ1v) is 15.6. The molecule has 0 amide bonds. The van der Waals surface area contributed by atoms with Gasteiger partial charge in [0.05, 0.1) is 22.8 Å². The predicted molar refractivity (Wildman–Crippen MR) is 171 cm³/mol. The van der Waals surface area contributed by atoms with Gasteiger partial charge in [-0.15, -0.1) is 22.1 Å². The summed E-state index contributed by atoms with van der Waals surface area (Å²) in [5.74, 6) is 0. The van der Waals surface area contributed by atoms with Crippen LogP contribution >= 0.6 is 0 Å². The number of hydrogen-bond donors (Lipinski definition) is 0. The van der Waals surface area contributed by atoms with Crippen molar-refractivity contribution in [2.24, 2.45) is 0 Å². The second-order valence-electron chi connectivity index (χ2n) is 10.8. The fraction of sp³-hybridized carbons (Fsp3) is 0.444. The summed E-state index contributed by atoms with van der Waals surface area (Å²) in [6.07, 6.45) is 7.60. The van der Waals surface area contributed by atoms with Crippen LogP contribution in [-0.4, -0.2) is 9.97 Å². The molecule has 0 saturated carbocycles. The minimum Gasteiger partial charge on any atom is -1.00 e. The molecule has 1 radical (unpaired) electrons. The molecular weight excluding hydrogens is 580 g/mol. The first-order valence-electron chi connectivity index (χ1n) is 15.6. The largest absolute Gasteiger partial charge is 3.00 e. The number of halogens is 1. The molecule has 2 aliphatic heterocycles. The van der Waals surface area contributed by atoms with E-state index in [2.05, 4.69) is 79.7 Å². The minimum absolute atomic E-state index is 0. The predicted octanol–water partition coefficient (Wildman–Crippen LogP) is 6.29. The quantitative estimate of drug-likeness (QED) is 0.277. The van der Waals surface area contributed by atoms with Crippen molar-refractivity contribution in [2.75, 3.05) is 0 Å². The zero-order valence-corrected chi connectivity index (χ0v) is 28.3. The van der Waals surface area contributed by atoms with Crippen molar-refractivity contribution in [1.82, 2.24) is 19.9 Å². The van der Waals surface area contributed by atoms with Gasteiger partial charge in [-0.2, -0.15) is 0 Å². The molecule has 0 aromatic carbocycles. The van der Waals surface area contributed by atoms with E-state index in [4.69, 9.17) is 19.9 Å². The van der Waals surface area contributed by atoms with Gasteiger partial charge in [0.25, 0.3) is 0 Å². The normalized spacial score (nSPS) is 13.0. The molecule has 42 heavy (non-hydrogen) atoms. The van der Waals surface area contributed by atoms with E-state index in [9.17, 15) is 0 Å². The number of aryl methyl sites for hydroxylation is 4. The van der Waals surface area contributed by atoms with Gasteiger partial charge in [0.15, 0.2) is 0 Å². The van der Waals surface area contributed by atoms with Crippen LogP contribution in [0.25, 0.3) is 44.4 Å². The number of fused-ring (bicyclic) bond motifs is 8. The Kier molecular flexibility index (Phi) is 11.5. The van der Waals surface area contributed by atoms with Crippen LogP contribution in [0.5, 0.6) is 0 Å². The van der Waals surface area contributed by atoms with E-state index < -0.39 is 0 Å². The van der Waals surface area contributed by atoms with Crippen LogP contribution in [0.3, 0.4) is 0 Å². The summed E-state index contributed by atoms with van der Waals surface area (Å²) in [6.45, 7) is 17.9. The SMILES string of the molecule is CCC1=C(CC)c2cc3[n-]c(cc4[n-]c(cc5nc(cc1n2)C(CC)=C5CC)c(CC)c4CC)c(CC)c3CC.[Cl-].[Fe+3]. The molecule has 0 N–H and O–H groups in total. The van der Waals surface area contributed by atoms with E-state index in [-0.39, 0.29) is 29.5 Å². The van der Waals surface area contributed by atoms with Crippen molar-refractivity contribution >= 4 is 44.4 Å². The van der Waals surface area contributed by atoms with E-state index in [0.29, 0.717) is 0 Å². The Balaban J connectivity index is 0.00000242. The molecule has 5 heterocycles. The van der Waals surface area contributed by atoms with Gasteiger partial charge in [-0.3, -0.25) is 0 Å². The van der Waals surface area contributed by atoms with Gasteiger partial charge in [-0.05, 0) is 79.7 Å². The molecule has 0 aliphatic carbocycles. The molecule has 223 valence electrons. The van der Waals surface area contributed by atoms with E-state index >= 15 is 0 Å². The van der Waals surface area contributed by atoms with Crippen LogP contribution in [-0.2, 0) is 42.8 Å². The first kappa shape index (κ1) is 33.9. The van der Waals surface area contributed by atoms with Crippen LogP contribution in [0.2, 0.25) is 0 Å². The Labute approximate surface area is 268 Å². The fourth-order valence-corrected chi connectivity index (χ4v) is 6.92. The Morgan fingerprint density at radius 3 is 0.929 bits per heavy atom. The number of rotatable bonds is 8. The van der Waals surface area contributed by atoms with Crippen molar-refractivity contribution in [3.63, 3.8) is 0 Å². The Morgan fingerprint density at radius 2 is 0.667 bits per heavy atom. The number of hydrogen-bond acceptors (Lipinski definition) is 2. The van der Waals surface area contributed by atoms with Crippen LogP contribution in [0, 0.1) is 0 Å². The van der Waals surface area contributed by atoms with Crippen molar-refractivity contribution in [3.05, 3.63) is 69.3 Å². The van der Waals surface area contributed by atoms with Crippen molar-refractivity contribution in [2.45, 2.75) is 107 Å². The topological polar surface area (TPSA) is 54.0 Å². The van der Waals surface area contributed by atoms with Crippen LogP contribution < -0.4 is 22.4 Å². The molecule has 5 rings (SSSR count). The van der Waals surface area contributed by atoms with Crippen molar-refractivity contribution in [3.8, 4) is 0 Å². The van der Waals surface area contributed by atoms with E-state index in [1.165, 1.54) is 44.5 Å². The molecule has 3 aromatic rings. The molecule has 8 bridgehead atoms. The van der Waals surface area contributed by atoms with Crippen molar-refractivity contribution in [1.29, 1.82) is 0 Å². The van der Waals surface area contributed by atoms with Crippen molar-refractivity contribution < 1.29 is 29.5 Å². The third kappa shape index (κ3) is 5.68. The summed E-state index contributed by atoms with van der Waals surface area (Å²) >= 11 is 0. The summed E-state index contributed by atoms with van der Waals surface area (Å²) in [7, 11) is 0. The summed E-state index contributed by atoms with van der Waals surface area (Å²) in [4.78, 5) is 21.0. The Hall–Kier alpha value is -2.59. The van der Waals surface area contributed by atoms with Gasteiger partial charge in [0.1, 0.15) is 0 Å². The minimum atomic E-state index is 0. The third-order valence-corrected chi connectivity index (χ3v) is 8.82. The average Bonchev–Trinajstić information content (AvgIpc) is 3.67. The average molecular weight is 624 g/mol. The Bertz CT molecular complexity index is 1570. The standard InChI is InChI=1S/C36H44N4.ClH.Fe/c1-9-21-22(10-2)30-18-32-25(13-5)26(14-6)34(39-32)20-36-28(16-8)27(15-7)35(40-36)19-33-24(12-4)23(11-3)31(38-33)17-29(21)37-30;;/h17-20H,9-16H2,1-8H3;1H;/q-2;;+3/p-1. The molecule has 0 spiro atoms. The molecule has 2 aliphatic rings. The maximum absolute atomic E-state index is 5.25. The molecule has 0 fully saturated rings.